The highest BCUT2D eigenvalue weighted by Gasteiger charge is 2.63. The Kier molecular flexibility index (Phi) is 9.55. The third kappa shape index (κ3) is 6.27. The second-order valence-electron chi connectivity index (χ2n) is 19.0. The third-order valence-electron chi connectivity index (χ3n) is 15.1. The van der Waals surface area contributed by atoms with Crippen LogP contribution in [0.5, 0.6) is 0 Å². The summed E-state index contributed by atoms with van der Waals surface area (Å²) in [5, 5.41) is 9.63. The molecule has 0 saturated heterocycles. The Morgan fingerprint density at radius 1 is 0.929 bits per heavy atom. The molecule has 4 aliphatic carbocycles. The van der Waals surface area contributed by atoms with Gasteiger partial charge < -0.3 is 14.3 Å². The highest BCUT2D eigenvalue weighted by molar-refractivity contribution is 6.74. The van der Waals surface area contributed by atoms with E-state index in [9.17, 15) is 14.7 Å². The summed E-state index contributed by atoms with van der Waals surface area (Å²) in [5.41, 5.74) is 0.707. The second-order valence-corrected chi connectivity index (χ2v) is 28.3. The van der Waals surface area contributed by atoms with Crippen molar-refractivity contribution < 1.29 is 19.1 Å². The van der Waals surface area contributed by atoms with Crippen LogP contribution in [0.25, 0.3) is 0 Å². The van der Waals surface area contributed by atoms with Gasteiger partial charge in [0.25, 0.3) is 0 Å². The van der Waals surface area contributed by atoms with Gasteiger partial charge in [-0.05, 0) is 153 Å². The minimum Gasteiger partial charge on any atom is -0.481 e. The van der Waals surface area contributed by atoms with Gasteiger partial charge in [0.2, 0.25) is 0 Å². The maximum Gasteiger partial charge on any atom is 0.303 e. The normalized spacial score (nSPS) is 40.2. The van der Waals surface area contributed by atoms with Crippen LogP contribution in [0.3, 0.4) is 0 Å². The van der Waals surface area contributed by atoms with Crippen molar-refractivity contribution in [1.29, 1.82) is 0 Å². The van der Waals surface area contributed by atoms with Gasteiger partial charge in [-0.25, -0.2) is 0 Å². The van der Waals surface area contributed by atoms with Crippen molar-refractivity contribution in [2.75, 3.05) is 0 Å². The van der Waals surface area contributed by atoms with Gasteiger partial charge in [-0.15, -0.1) is 0 Å². The van der Waals surface area contributed by atoms with Crippen LogP contribution in [-0.4, -0.2) is 38.6 Å². The summed E-state index contributed by atoms with van der Waals surface area (Å²) in [7, 11) is -4.15. The first-order valence-electron chi connectivity index (χ1n) is 17.7. The Bertz CT molecular complexity index is 980. The summed E-state index contributed by atoms with van der Waals surface area (Å²) < 4.78 is 7.09. The summed E-state index contributed by atoms with van der Waals surface area (Å²) in [6.45, 7) is 28.6. The van der Waals surface area contributed by atoms with E-state index in [1.165, 1.54) is 51.4 Å². The molecule has 0 bridgehead atoms. The molecule has 4 fully saturated rings. The standard InChI is InChI=1S/C36H68O4Si2/c1-24(13-16-31(37)38)28-14-15-29-32-25(23-34(5,6)41(9,10)39)21-26-22-27(40-42(11,12)33(2,3)4)17-19-35(26,7)30(32)18-20-36(28,29)8/h24-30,32,39H,13-23H2,1-12H3,(H,37,38)/t24-,25+,26-,27-,28-,29?,30?,32?,35+,36-/m1/s1. The number of carboxylic acid groups (broad SMARTS) is 1. The molecule has 244 valence electrons. The summed E-state index contributed by atoms with van der Waals surface area (Å²) in [6.07, 6.45) is 12.9. The minimum atomic E-state index is -2.33. The molecule has 0 aromatic rings. The lowest BCUT2D eigenvalue weighted by Gasteiger charge is -2.64. The van der Waals surface area contributed by atoms with Crippen LogP contribution in [0.15, 0.2) is 0 Å². The van der Waals surface area contributed by atoms with E-state index in [0.717, 1.165) is 30.6 Å². The van der Waals surface area contributed by atoms with Crippen LogP contribution in [0, 0.1) is 52.3 Å². The Hall–Kier alpha value is -0.176. The molecule has 3 unspecified atom stereocenters. The number of carboxylic acids is 1. The van der Waals surface area contributed by atoms with Gasteiger partial charge in [-0.1, -0.05) is 55.4 Å². The number of hydrogen-bond donors (Lipinski definition) is 2. The SMILES string of the molecule is C[C@H](CCC(=O)O)[C@H]1CCC2C3C(CC[C@@]21C)[C@@]1(C)CC[C@@H](O[Si](C)(C)C(C)(C)C)C[C@H]1C[C@H]3CC(C)(C)[Si](C)(C)O. The molecule has 0 aliphatic heterocycles. The monoisotopic (exact) mass is 620 g/mol. The molecule has 0 heterocycles. The predicted octanol–water partition coefficient (Wildman–Crippen LogP) is 10.1. The number of aliphatic carboxylic acids is 1. The van der Waals surface area contributed by atoms with Crippen molar-refractivity contribution in [3.05, 3.63) is 0 Å². The third-order valence-corrected chi connectivity index (χ3v) is 23.1. The lowest BCUT2D eigenvalue weighted by atomic mass is 9.41. The molecule has 4 aliphatic rings. The fraction of sp³-hybridized carbons (Fsp3) is 0.972. The number of hydrogen-bond acceptors (Lipinski definition) is 3. The first-order valence-corrected chi connectivity index (χ1v) is 23.5. The smallest absolute Gasteiger partial charge is 0.303 e. The van der Waals surface area contributed by atoms with Crippen molar-refractivity contribution in [3.8, 4) is 0 Å². The lowest BCUT2D eigenvalue weighted by Crippen LogP contribution is -2.58. The average molecular weight is 621 g/mol. The molecular formula is C36H68O4Si2. The van der Waals surface area contributed by atoms with Crippen LogP contribution in [0.1, 0.15) is 126 Å². The van der Waals surface area contributed by atoms with E-state index < -0.39 is 22.6 Å². The van der Waals surface area contributed by atoms with Crippen LogP contribution in [-0.2, 0) is 9.22 Å². The van der Waals surface area contributed by atoms with Crippen molar-refractivity contribution in [2.24, 2.45) is 52.3 Å². The first-order chi connectivity index (χ1) is 19.0. The molecular weight excluding hydrogens is 553 g/mol. The van der Waals surface area contributed by atoms with Crippen molar-refractivity contribution in [3.63, 3.8) is 0 Å². The molecule has 0 aromatic heterocycles. The fourth-order valence-corrected chi connectivity index (χ4v) is 12.9. The zero-order chi connectivity index (χ0) is 31.7. The first kappa shape index (κ1) is 34.7. The van der Waals surface area contributed by atoms with Crippen LogP contribution in [0.2, 0.25) is 36.3 Å². The Labute approximate surface area is 261 Å². The molecule has 42 heavy (non-hydrogen) atoms. The highest BCUT2D eigenvalue weighted by atomic mass is 28.4. The van der Waals surface area contributed by atoms with Gasteiger partial charge >= 0.3 is 5.97 Å². The summed E-state index contributed by atoms with van der Waals surface area (Å²) in [6, 6.07) is 0. The molecule has 6 heteroatoms. The van der Waals surface area contributed by atoms with Crippen molar-refractivity contribution in [1.82, 2.24) is 0 Å². The van der Waals surface area contributed by atoms with E-state index in [4.69, 9.17) is 4.43 Å². The topological polar surface area (TPSA) is 66.8 Å². The van der Waals surface area contributed by atoms with E-state index in [1.54, 1.807) is 0 Å². The number of carbonyl (C=O) groups is 1. The van der Waals surface area contributed by atoms with Gasteiger partial charge in [0, 0.05) is 12.5 Å². The molecule has 0 aromatic carbocycles. The zero-order valence-electron chi connectivity index (χ0n) is 29.6. The van der Waals surface area contributed by atoms with Crippen molar-refractivity contribution in [2.45, 2.75) is 168 Å². The maximum absolute atomic E-state index is 11.4. The molecule has 0 radical (unpaired) electrons. The van der Waals surface area contributed by atoms with E-state index in [-0.39, 0.29) is 10.1 Å². The Morgan fingerprint density at radius 2 is 1.52 bits per heavy atom. The largest absolute Gasteiger partial charge is 0.481 e. The number of fused-ring (bicyclic) bond motifs is 5. The van der Waals surface area contributed by atoms with E-state index >= 15 is 0 Å². The van der Waals surface area contributed by atoms with E-state index in [0.29, 0.717) is 47.0 Å². The summed E-state index contributed by atoms with van der Waals surface area (Å²) in [5.74, 6) is 4.06. The van der Waals surface area contributed by atoms with Gasteiger partial charge in [-0.3, -0.25) is 4.79 Å². The Morgan fingerprint density at radius 3 is 2.10 bits per heavy atom. The predicted molar refractivity (Wildman–Crippen MR) is 181 cm³/mol. The van der Waals surface area contributed by atoms with Gasteiger partial charge in [-0.2, -0.15) is 0 Å². The lowest BCUT2D eigenvalue weighted by molar-refractivity contribution is -0.155. The fourth-order valence-electron chi connectivity index (χ4n) is 10.7. The summed E-state index contributed by atoms with van der Waals surface area (Å²) >= 11 is 0. The molecule has 4 saturated carbocycles. The maximum atomic E-state index is 11.4. The summed E-state index contributed by atoms with van der Waals surface area (Å²) in [4.78, 5) is 22.9. The van der Waals surface area contributed by atoms with Crippen LogP contribution in [0.4, 0.5) is 0 Å². The van der Waals surface area contributed by atoms with Crippen molar-refractivity contribution >= 4 is 22.6 Å². The van der Waals surface area contributed by atoms with E-state index in [2.05, 4.69) is 81.6 Å². The molecule has 0 spiro atoms. The molecule has 4 nitrogen and oxygen atoms in total. The zero-order valence-corrected chi connectivity index (χ0v) is 31.6. The Balaban J connectivity index is 1.65. The van der Waals surface area contributed by atoms with Crippen LogP contribution < -0.4 is 0 Å². The van der Waals surface area contributed by atoms with Gasteiger partial charge in [0.1, 0.15) is 0 Å². The average Bonchev–Trinajstić information content (AvgIpc) is 3.18. The minimum absolute atomic E-state index is 0.0116. The number of rotatable bonds is 9. The molecule has 4 rings (SSSR count). The second kappa shape index (κ2) is 11.6. The molecule has 2 N–H and O–H groups in total. The quantitative estimate of drug-likeness (QED) is 0.252. The van der Waals surface area contributed by atoms with Crippen LogP contribution >= 0.6 is 0 Å². The van der Waals surface area contributed by atoms with Gasteiger partial charge in [0.15, 0.2) is 16.6 Å². The van der Waals surface area contributed by atoms with E-state index in [1.807, 2.05) is 0 Å². The molecule has 10 atom stereocenters. The molecule has 0 amide bonds. The van der Waals surface area contributed by atoms with Gasteiger partial charge in [0.05, 0.1) is 0 Å². The highest BCUT2D eigenvalue weighted by Crippen LogP contribution is 2.71.